The highest BCUT2D eigenvalue weighted by atomic mass is 16.6. The van der Waals surface area contributed by atoms with Gasteiger partial charge in [0.1, 0.15) is 5.70 Å². The van der Waals surface area contributed by atoms with Crippen molar-refractivity contribution in [1.29, 1.82) is 0 Å². The molecule has 0 aromatic heterocycles. The number of nitro benzene ring substituents is 1. The van der Waals surface area contributed by atoms with E-state index in [2.05, 4.69) is 22.2 Å². The van der Waals surface area contributed by atoms with Gasteiger partial charge in [0.15, 0.2) is 0 Å². The maximum absolute atomic E-state index is 13.2. The number of amides is 2. The number of hydrogen-bond donors (Lipinski definition) is 1. The number of piperazine rings is 1. The lowest BCUT2D eigenvalue weighted by Crippen LogP contribution is -2.44. The molecule has 0 bridgehead atoms. The second-order valence-corrected chi connectivity index (χ2v) is 9.13. The topological polar surface area (TPSA) is 99.0 Å². The molecule has 0 atom stereocenters. The van der Waals surface area contributed by atoms with E-state index in [1.165, 1.54) is 29.2 Å². The zero-order valence-electron chi connectivity index (χ0n) is 19.7. The van der Waals surface area contributed by atoms with Gasteiger partial charge in [-0.2, -0.15) is 0 Å². The SMILES string of the molecule is CC(C)CN1C(=O)C(Nc2ccc(N3CCN(C)CC3)cc2)=C(c2ccc([N+](=O)[O-])cc2)C1=O. The van der Waals surface area contributed by atoms with Crippen molar-refractivity contribution >= 4 is 34.4 Å². The molecule has 34 heavy (non-hydrogen) atoms. The van der Waals surface area contributed by atoms with Crippen molar-refractivity contribution < 1.29 is 14.5 Å². The van der Waals surface area contributed by atoms with Crippen LogP contribution in [0, 0.1) is 16.0 Å². The highest BCUT2D eigenvalue weighted by Crippen LogP contribution is 2.32. The number of nitrogens with zero attached hydrogens (tertiary/aromatic N) is 4. The summed E-state index contributed by atoms with van der Waals surface area (Å²) in [5, 5.41) is 14.2. The first-order chi connectivity index (χ1) is 16.2. The summed E-state index contributed by atoms with van der Waals surface area (Å²) in [5.41, 5.74) is 2.61. The molecule has 9 nitrogen and oxygen atoms in total. The normalized spacial score (nSPS) is 17.2. The molecule has 2 aromatic rings. The molecule has 0 radical (unpaired) electrons. The molecule has 0 saturated carbocycles. The molecule has 1 N–H and O–H groups in total. The number of carbonyl (C=O) groups excluding carboxylic acids is 2. The summed E-state index contributed by atoms with van der Waals surface area (Å²) >= 11 is 0. The van der Waals surface area contributed by atoms with Crippen LogP contribution in [0.25, 0.3) is 5.57 Å². The van der Waals surface area contributed by atoms with Crippen LogP contribution in [0.5, 0.6) is 0 Å². The molecule has 1 fully saturated rings. The Hall–Kier alpha value is -3.72. The van der Waals surface area contributed by atoms with Crippen molar-refractivity contribution in [3.8, 4) is 0 Å². The van der Waals surface area contributed by atoms with Crippen LogP contribution < -0.4 is 10.2 Å². The van der Waals surface area contributed by atoms with E-state index in [4.69, 9.17) is 0 Å². The van der Waals surface area contributed by atoms with E-state index in [1.807, 2.05) is 38.1 Å². The van der Waals surface area contributed by atoms with Gasteiger partial charge in [0, 0.05) is 56.2 Å². The predicted molar refractivity (Wildman–Crippen MR) is 131 cm³/mol. The molecule has 4 rings (SSSR count). The molecule has 1 saturated heterocycles. The summed E-state index contributed by atoms with van der Waals surface area (Å²) in [6.45, 7) is 8.10. The molecule has 0 unspecified atom stereocenters. The van der Waals surface area contributed by atoms with E-state index in [-0.39, 0.29) is 22.9 Å². The number of benzene rings is 2. The summed E-state index contributed by atoms with van der Waals surface area (Å²) < 4.78 is 0. The van der Waals surface area contributed by atoms with E-state index in [0.717, 1.165) is 31.9 Å². The lowest BCUT2D eigenvalue weighted by Gasteiger charge is -2.34. The van der Waals surface area contributed by atoms with Crippen LogP contribution >= 0.6 is 0 Å². The molecule has 2 aromatic carbocycles. The maximum atomic E-state index is 13.2. The molecule has 0 aliphatic carbocycles. The first-order valence-corrected chi connectivity index (χ1v) is 11.4. The third-order valence-corrected chi connectivity index (χ3v) is 6.09. The van der Waals surface area contributed by atoms with Crippen LogP contribution in [0.4, 0.5) is 17.1 Å². The number of imide groups is 1. The van der Waals surface area contributed by atoms with Crippen LogP contribution in [0.2, 0.25) is 0 Å². The van der Waals surface area contributed by atoms with E-state index in [9.17, 15) is 19.7 Å². The average molecular weight is 464 g/mol. The number of nitro groups is 1. The van der Waals surface area contributed by atoms with E-state index >= 15 is 0 Å². The molecule has 2 aliphatic heterocycles. The smallest absolute Gasteiger partial charge is 0.278 e. The van der Waals surface area contributed by atoms with Gasteiger partial charge in [0.05, 0.1) is 10.5 Å². The second-order valence-electron chi connectivity index (χ2n) is 9.13. The summed E-state index contributed by atoms with van der Waals surface area (Å²) in [4.78, 5) is 42.8. The van der Waals surface area contributed by atoms with Crippen LogP contribution in [-0.2, 0) is 9.59 Å². The third-order valence-electron chi connectivity index (χ3n) is 6.09. The molecule has 2 heterocycles. The predicted octanol–water partition coefficient (Wildman–Crippen LogP) is 3.19. The first-order valence-electron chi connectivity index (χ1n) is 11.4. The van der Waals surface area contributed by atoms with Crippen LogP contribution in [0.1, 0.15) is 19.4 Å². The van der Waals surface area contributed by atoms with Gasteiger partial charge in [-0.05, 0) is 54.9 Å². The number of hydrogen-bond acceptors (Lipinski definition) is 7. The minimum atomic E-state index is -0.494. The van der Waals surface area contributed by atoms with Gasteiger partial charge in [-0.15, -0.1) is 0 Å². The largest absolute Gasteiger partial charge is 0.369 e. The molecule has 0 spiro atoms. The monoisotopic (exact) mass is 463 g/mol. The lowest BCUT2D eigenvalue weighted by molar-refractivity contribution is -0.384. The number of carbonyl (C=O) groups is 2. The zero-order valence-corrected chi connectivity index (χ0v) is 19.7. The number of non-ortho nitro benzene ring substituents is 1. The van der Waals surface area contributed by atoms with Crippen molar-refractivity contribution in [1.82, 2.24) is 9.80 Å². The van der Waals surface area contributed by atoms with Crippen molar-refractivity contribution in [2.45, 2.75) is 13.8 Å². The summed E-state index contributed by atoms with van der Waals surface area (Å²) in [6, 6.07) is 13.5. The van der Waals surface area contributed by atoms with E-state index in [0.29, 0.717) is 17.8 Å². The minimum absolute atomic E-state index is 0.0748. The standard InChI is InChI=1S/C25H29N5O4/c1-17(2)16-29-24(31)22(18-4-8-21(9-5-18)30(33)34)23(25(29)32)26-19-6-10-20(11-7-19)28-14-12-27(3)13-15-28/h4-11,17,26H,12-16H2,1-3H3. The van der Waals surface area contributed by atoms with Gasteiger partial charge in [-0.3, -0.25) is 24.6 Å². The molecule has 178 valence electrons. The second kappa shape index (κ2) is 9.64. The van der Waals surface area contributed by atoms with Gasteiger partial charge in [-0.1, -0.05) is 13.8 Å². The van der Waals surface area contributed by atoms with Gasteiger partial charge >= 0.3 is 0 Å². The van der Waals surface area contributed by atoms with Gasteiger partial charge in [-0.25, -0.2) is 0 Å². The molecular formula is C25H29N5O4. The number of rotatable bonds is 7. The Morgan fingerprint density at radius 3 is 2.12 bits per heavy atom. The molecule has 2 aliphatic rings. The van der Waals surface area contributed by atoms with Crippen LogP contribution in [-0.4, -0.2) is 66.3 Å². The van der Waals surface area contributed by atoms with Crippen LogP contribution in [0.3, 0.4) is 0 Å². The Kier molecular flexibility index (Phi) is 6.65. The van der Waals surface area contributed by atoms with Crippen molar-refractivity contribution in [3.05, 3.63) is 69.9 Å². The van der Waals surface area contributed by atoms with Gasteiger partial charge < -0.3 is 15.1 Å². The first kappa shape index (κ1) is 23.4. The highest BCUT2D eigenvalue weighted by Gasteiger charge is 2.39. The van der Waals surface area contributed by atoms with Gasteiger partial charge in [0.2, 0.25) is 0 Å². The third kappa shape index (κ3) is 4.79. The fourth-order valence-corrected chi connectivity index (χ4v) is 4.21. The van der Waals surface area contributed by atoms with Crippen molar-refractivity contribution in [3.63, 3.8) is 0 Å². The number of nitrogens with one attached hydrogen (secondary N) is 1. The number of likely N-dealkylation sites (N-methyl/N-ethyl adjacent to an activating group) is 1. The summed E-state index contributed by atoms with van der Waals surface area (Å²) in [5.74, 6) is -0.687. The Labute approximate surface area is 198 Å². The maximum Gasteiger partial charge on any atom is 0.278 e. The Bertz CT molecular complexity index is 1120. The fourth-order valence-electron chi connectivity index (χ4n) is 4.21. The molecular weight excluding hydrogens is 434 g/mol. The minimum Gasteiger partial charge on any atom is -0.369 e. The lowest BCUT2D eigenvalue weighted by atomic mass is 10.0. The van der Waals surface area contributed by atoms with Gasteiger partial charge in [0.25, 0.3) is 17.5 Å². The Morgan fingerprint density at radius 2 is 1.56 bits per heavy atom. The summed E-state index contributed by atoms with van der Waals surface area (Å²) in [7, 11) is 2.11. The zero-order chi connectivity index (χ0) is 24.4. The van der Waals surface area contributed by atoms with E-state index in [1.54, 1.807) is 0 Å². The molecule has 2 amide bonds. The number of anilines is 2. The average Bonchev–Trinajstić information content (AvgIpc) is 3.04. The molecule has 9 heteroatoms. The highest BCUT2D eigenvalue weighted by molar-refractivity contribution is 6.36. The quantitative estimate of drug-likeness (QED) is 0.382. The van der Waals surface area contributed by atoms with E-state index < -0.39 is 16.7 Å². The van der Waals surface area contributed by atoms with Crippen LogP contribution in [0.15, 0.2) is 54.2 Å². The van der Waals surface area contributed by atoms with Crippen molar-refractivity contribution in [2.75, 3.05) is 50.0 Å². The Morgan fingerprint density at radius 1 is 0.941 bits per heavy atom. The Balaban J connectivity index is 1.63. The van der Waals surface area contributed by atoms with Crippen molar-refractivity contribution in [2.24, 2.45) is 5.92 Å². The fraction of sp³-hybridized carbons (Fsp3) is 0.360. The summed E-state index contributed by atoms with van der Waals surface area (Å²) in [6.07, 6.45) is 0.